The van der Waals surface area contributed by atoms with Crippen LogP contribution in [0.5, 0.6) is 5.75 Å². The van der Waals surface area contributed by atoms with Crippen molar-refractivity contribution in [2.45, 2.75) is 33.0 Å². The Morgan fingerprint density at radius 2 is 1.76 bits per heavy atom. The first-order chi connectivity index (χ1) is 13.3. The molecule has 0 aliphatic carbocycles. The zero-order valence-electron chi connectivity index (χ0n) is 16.5. The molecule has 0 heterocycles. The van der Waals surface area contributed by atoms with Gasteiger partial charge in [0, 0.05) is 6.54 Å². The molecule has 0 unspecified atom stereocenters. The number of rotatable bonds is 9. The Hall–Kier alpha value is -2.64. The minimum atomic E-state index is -0.632. The van der Waals surface area contributed by atoms with E-state index in [1.54, 1.807) is 24.3 Å². The summed E-state index contributed by atoms with van der Waals surface area (Å²) in [5.41, 5.74) is 7.35. The maximum atomic E-state index is 13.2. The van der Waals surface area contributed by atoms with Gasteiger partial charge < -0.3 is 21.1 Å². The summed E-state index contributed by atoms with van der Waals surface area (Å²) in [5, 5.41) is 5.25. The second kappa shape index (κ2) is 12.0. The lowest BCUT2D eigenvalue weighted by Gasteiger charge is -2.15. The molecule has 8 heteroatoms. The molecule has 0 saturated heterocycles. The van der Waals surface area contributed by atoms with Gasteiger partial charge >= 0.3 is 0 Å². The molecular weight excluding hydrogens is 397 g/mol. The summed E-state index contributed by atoms with van der Waals surface area (Å²) in [6.45, 7) is 4.17. The number of ether oxygens (including phenoxy) is 1. The van der Waals surface area contributed by atoms with Crippen LogP contribution in [0.25, 0.3) is 0 Å². The topological polar surface area (TPSA) is 93.5 Å². The average Bonchev–Trinajstić information content (AvgIpc) is 2.69. The summed E-state index contributed by atoms with van der Waals surface area (Å²) in [6.07, 6.45) is 0. The van der Waals surface area contributed by atoms with Gasteiger partial charge in [-0.25, -0.2) is 4.39 Å². The number of nitrogens with two attached hydrogens (primary N) is 1. The van der Waals surface area contributed by atoms with Crippen molar-refractivity contribution in [1.82, 2.24) is 10.6 Å². The van der Waals surface area contributed by atoms with Gasteiger partial charge in [0.2, 0.25) is 11.8 Å². The molecule has 158 valence electrons. The van der Waals surface area contributed by atoms with E-state index in [0.717, 1.165) is 11.1 Å². The van der Waals surface area contributed by atoms with Crippen LogP contribution >= 0.6 is 12.4 Å². The highest BCUT2D eigenvalue weighted by molar-refractivity contribution is 5.87. The molecule has 6 nitrogen and oxygen atoms in total. The molecule has 0 fully saturated rings. The normalized spacial score (nSPS) is 11.3. The van der Waals surface area contributed by atoms with E-state index in [4.69, 9.17) is 10.5 Å². The monoisotopic (exact) mass is 423 g/mol. The smallest absolute Gasteiger partial charge is 0.239 e. The summed E-state index contributed by atoms with van der Waals surface area (Å²) in [5.74, 6) is -0.283. The minimum absolute atomic E-state index is 0. The maximum absolute atomic E-state index is 13.2. The lowest BCUT2D eigenvalue weighted by Crippen LogP contribution is -2.47. The molecule has 1 atom stereocenters. The molecule has 4 N–H and O–H groups in total. The molecule has 0 aliphatic rings. The number of hydrogen-bond donors (Lipinski definition) is 3. The molecule has 0 bridgehead atoms. The van der Waals surface area contributed by atoms with Crippen LogP contribution in [-0.2, 0) is 22.7 Å². The number of hydrogen-bond acceptors (Lipinski definition) is 4. The zero-order valence-corrected chi connectivity index (χ0v) is 17.3. The van der Waals surface area contributed by atoms with Crippen LogP contribution < -0.4 is 21.1 Å². The number of carbonyl (C=O) groups is 2. The number of carbonyl (C=O) groups excluding carboxylic acids is 2. The fourth-order valence-electron chi connectivity index (χ4n) is 2.35. The summed E-state index contributed by atoms with van der Waals surface area (Å²) >= 11 is 0. The van der Waals surface area contributed by atoms with Gasteiger partial charge in [-0.1, -0.05) is 38.1 Å². The molecule has 0 radical (unpaired) electrons. The van der Waals surface area contributed by atoms with E-state index >= 15 is 0 Å². The van der Waals surface area contributed by atoms with E-state index in [2.05, 4.69) is 10.6 Å². The average molecular weight is 424 g/mol. The van der Waals surface area contributed by atoms with Crippen molar-refractivity contribution in [3.05, 3.63) is 65.5 Å². The Balaban J connectivity index is 0.00000420. The fraction of sp³-hybridized carbons (Fsp3) is 0.333. The van der Waals surface area contributed by atoms with Crippen LogP contribution in [0.4, 0.5) is 4.39 Å². The number of nitrogens with one attached hydrogen (secondary N) is 2. The highest BCUT2D eigenvalue weighted by atomic mass is 35.5. The molecule has 2 amide bonds. The molecule has 0 spiro atoms. The van der Waals surface area contributed by atoms with Crippen LogP contribution in [0.3, 0.4) is 0 Å². The lowest BCUT2D eigenvalue weighted by molar-refractivity contribution is -0.127. The Kier molecular flexibility index (Phi) is 10.1. The molecule has 0 saturated carbocycles. The number of amides is 2. The van der Waals surface area contributed by atoms with Crippen molar-refractivity contribution < 1.29 is 18.7 Å². The van der Waals surface area contributed by atoms with Crippen molar-refractivity contribution >= 4 is 24.2 Å². The van der Waals surface area contributed by atoms with E-state index in [1.807, 2.05) is 26.0 Å². The van der Waals surface area contributed by atoms with Gasteiger partial charge in [0.25, 0.3) is 0 Å². The van der Waals surface area contributed by atoms with E-state index in [0.29, 0.717) is 12.3 Å². The van der Waals surface area contributed by atoms with Gasteiger partial charge in [0.05, 0.1) is 12.6 Å². The van der Waals surface area contributed by atoms with Crippen molar-refractivity contribution in [2.75, 3.05) is 6.54 Å². The zero-order chi connectivity index (χ0) is 20.5. The molecule has 0 aliphatic heterocycles. The van der Waals surface area contributed by atoms with Gasteiger partial charge in [-0.05, 0) is 41.3 Å². The number of benzene rings is 2. The third-order valence-corrected chi connectivity index (χ3v) is 4.15. The van der Waals surface area contributed by atoms with Gasteiger partial charge in [-0.3, -0.25) is 9.59 Å². The first kappa shape index (κ1) is 24.4. The molecule has 2 aromatic rings. The van der Waals surface area contributed by atoms with E-state index in [1.165, 1.54) is 12.1 Å². The molecule has 29 heavy (non-hydrogen) atoms. The predicted molar refractivity (Wildman–Crippen MR) is 112 cm³/mol. The van der Waals surface area contributed by atoms with E-state index in [9.17, 15) is 14.0 Å². The summed E-state index contributed by atoms with van der Waals surface area (Å²) < 4.78 is 18.8. The van der Waals surface area contributed by atoms with Crippen LogP contribution in [0.2, 0.25) is 0 Å². The second-order valence-corrected chi connectivity index (χ2v) is 6.83. The maximum Gasteiger partial charge on any atom is 0.239 e. The standard InChI is InChI=1S/C21H26FN3O3.ClH/c1-14(2)20(23)21(27)25-12-19(26)24-11-15-6-8-18(9-7-15)28-13-16-4-3-5-17(22)10-16;/h3-10,14,20H,11-13,23H2,1-2H3,(H,24,26)(H,25,27);1H/t20-;/m0./s1. The Labute approximate surface area is 176 Å². The molecule has 0 aromatic heterocycles. The van der Waals surface area contributed by atoms with Crippen molar-refractivity contribution in [3.63, 3.8) is 0 Å². The molecule has 2 rings (SSSR count). The minimum Gasteiger partial charge on any atom is -0.489 e. The summed E-state index contributed by atoms with van der Waals surface area (Å²) in [6, 6.07) is 12.8. The molecule has 2 aromatic carbocycles. The van der Waals surface area contributed by atoms with Gasteiger partial charge in [0.1, 0.15) is 18.2 Å². The lowest BCUT2D eigenvalue weighted by atomic mass is 10.1. The van der Waals surface area contributed by atoms with Crippen LogP contribution in [0.15, 0.2) is 48.5 Å². The van der Waals surface area contributed by atoms with Gasteiger partial charge in [-0.15, -0.1) is 12.4 Å². The fourth-order valence-corrected chi connectivity index (χ4v) is 2.35. The first-order valence-corrected chi connectivity index (χ1v) is 9.11. The van der Waals surface area contributed by atoms with Crippen molar-refractivity contribution in [2.24, 2.45) is 11.7 Å². The third-order valence-electron chi connectivity index (χ3n) is 4.15. The SMILES string of the molecule is CC(C)[C@H](N)C(=O)NCC(=O)NCc1ccc(OCc2cccc(F)c2)cc1.Cl. The highest BCUT2D eigenvalue weighted by Gasteiger charge is 2.17. The predicted octanol–water partition coefficient (Wildman–Crippen LogP) is 2.54. The van der Waals surface area contributed by atoms with Gasteiger partial charge in [-0.2, -0.15) is 0 Å². The van der Waals surface area contributed by atoms with E-state index in [-0.39, 0.29) is 49.1 Å². The third kappa shape index (κ3) is 8.50. The van der Waals surface area contributed by atoms with Gasteiger partial charge in [0.15, 0.2) is 0 Å². The quantitative estimate of drug-likeness (QED) is 0.577. The van der Waals surface area contributed by atoms with Crippen LogP contribution in [0, 0.1) is 11.7 Å². The highest BCUT2D eigenvalue weighted by Crippen LogP contribution is 2.14. The Morgan fingerprint density at radius 1 is 1.07 bits per heavy atom. The van der Waals surface area contributed by atoms with Crippen molar-refractivity contribution in [1.29, 1.82) is 0 Å². The number of halogens is 2. The summed E-state index contributed by atoms with van der Waals surface area (Å²) in [4.78, 5) is 23.6. The Morgan fingerprint density at radius 3 is 2.38 bits per heavy atom. The first-order valence-electron chi connectivity index (χ1n) is 9.11. The van der Waals surface area contributed by atoms with E-state index < -0.39 is 6.04 Å². The largest absolute Gasteiger partial charge is 0.489 e. The summed E-state index contributed by atoms with van der Waals surface area (Å²) in [7, 11) is 0. The van der Waals surface area contributed by atoms with Crippen molar-refractivity contribution in [3.8, 4) is 5.75 Å². The second-order valence-electron chi connectivity index (χ2n) is 6.83. The van der Waals surface area contributed by atoms with Crippen LogP contribution in [0.1, 0.15) is 25.0 Å². The van der Waals surface area contributed by atoms with Crippen LogP contribution in [-0.4, -0.2) is 24.4 Å². The molecular formula is C21H27ClFN3O3. The Bertz CT molecular complexity index is 800.